The number of nitrogens with zero attached hydrogens (tertiary/aromatic N) is 1. The van der Waals surface area contributed by atoms with E-state index >= 15 is 0 Å². The number of aromatic amines is 1. The van der Waals surface area contributed by atoms with Gasteiger partial charge in [-0.2, -0.15) is 0 Å². The van der Waals surface area contributed by atoms with Crippen LogP contribution in [0.2, 0.25) is 0 Å². The van der Waals surface area contributed by atoms with Gasteiger partial charge in [0.05, 0.1) is 0 Å². The van der Waals surface area contributed by atoms with Gasteiger partial charge in [0.1, 0.15) is 15.4 Å². The summed E-state index contributed by atoms with van der Waals surface area (Å²) in [5.41, 5.74) is 0.766. The molecule has 1 aromatic carbocycles. The normalized spacial score (nSPS) is 12.9. The second-order valence-electron chi connectivity index (χ2n) is 3.79. The predicted octanol–water partition coefficient (Wildman–Crippen LogP) is -1.97. The SMILES string of the molecule is O=[N+]([O-])CC(c1c[nH]c2ccccc12)S(=O)(=O)[O-].[K+]. The summed E-state index contributed by atoms with van der Waals surface area (Å²) >= 11 is 0. The number of nitro groups is 1. The van der Waals surface area contributed by atoms with Crippen LogP contribution in [-0.4, -0.2) is 29.4 Å². The van der Waals surface area contributed by atoms with Crippen LogP contribution in [0.1, 0.15) is 10.8 Å². The average Bonchev–Trinajstić information content (AvgIpc) is 2.67. The van der Waals surface area contributed by atoms with E-state index in [1.54, 1.807) is 24.3 Å². The van der Waals surface area contributed by atoms with Crippen LogP contribution >= 0.6 is 0 Å². The molecule has 1 heterocycles. The van der Waals surface area contributed by atoms with E-state index in [1.165, 1.54) is 6.20 Å². The molecule has 1 N–H and O–H groups in total. The third-order valence-electron chi connectivity index (χ3n) is 2.63. The molecule has 0 radical (unpaired) electrons. The first-order valence-corrected chi connectivity index (χ1v) is 6.49. The number of nitrogens with one attached hydrogen (secondary N) is 1. The smallest absolute Gasteiger partial charge is 0.747 e. The third-order valence-corrected chi connectivity index (χ3v) is 3.73. The van der Waals surface area contributed by atoms with E-state index in [2.05, 4.69) is 4.98 Å². The maximum Gasteiger partial charge on any atom is 1.00 e. The van der Waals surface area contributed by atoms with Gasteiger partial charge in [0.25, 0.3) is 0 Å². The Balaban J connectivity index is 0.00000180. The van der Waals surface area contributed by atoms with E-state index in [9.17, 15) is 23.1 Å². The quantitative estimate of drug-likeness (QED) is 0.304. The zero-order chi connectivity index (χ0) is 13.3. The number of rotatable bonds is 4. The minimum atomic E-state index is -4.79. The molecule has 1 aromatic heterocycles. The Bertz CT molecular complexity index is 697. The van der Waals surface area contributed by atoms with Crippen LogP contribution in [0.4, 0.5) is 0 Å². The van der Waals surface area contributed by atoms with Gasteiger partial charge in [0, 0.05) is 27.6 Å². The zero-order valence-electron chi connectivity index (χ0n) is 10.1. The van der Waals surface area contributed by atoms with Crippen molar-refractivity contribution in [3.63, 3.8) is 0 Å². The summed E-state index contributed by atoms with van der Waals surface area (Å²) in [6.45, 7) is -0.937. The van der Waals surface area contributed by atoms with Gasteiger partial charge in [-0.1, -0.05) is 18.2 Å². The first-order valence-electron chi connectivity index (χ1n) is 5.02. The fraction of sp³-hybridized carbons (Fsp3) is 0.200. The number of hydrogen-bond donors (Lipinski definition) is 1. The molecular formula is C10H9KN2O5S. The number of H-pyrrole nitrogens is 1. The molecule has 19 heavy (non-hydrogen) atoms. The van der Waals surface area contributed by atoms with E-state index in [0.29, 0.717) is 10.9 Å². The molecule has 0 bridgehead atoms. The molecule has 0 spiro atoms. The van der Waals surface area contributed by atoms with E-state index in [-0.39, 0.29) is 56.9 Å². The Labute approximate surface area is 151 Å². The van der Waals surface area contributed by atoms with Crippen LogP contribution in [0, 0.1) is 10.1 Å². The summed E-state index contributed by atoms with van der Waals surface area (Å²) in [7, 11) is -4.79. The summed E-state index contributed by atoms with van der Waals surface area (Å²) in [4.78, 5) is 12.5. The van der Waals surface area contributed by atoms with Crippen molar-refractivity contribution in [2.75, 3.05) is 6.54 Å². The first kappa shape index (κ1) is 16.8. The van der Waals surface area contributed by atoms with Gasteiger partial charge in [-0.3, -0.25) is 10.1 Å². The third kappa shape index (κ3) is 3.84. The molecule has 7 nitrogen and oxygen atoms in total. The van der Waals surface area contributed by atoms with Gasteiger partial charge in [0.15, 0.2) is 0 Å². The van der Waals surface area contributed by atoms with Crippen molar-refractivity contribution in [1.82, 2.24) is 4.98 Å². The Morgan fingerprint density at radius 2 is 1.95 bits per heavy atom. The van der Waals surface area contributed by atoms with E-state index < -0.39 is 26.8 Å². The van der Waals surface area contributed by atoms with Crippen molar-refractivity contribution < 1.29 is 69.3 Å². The predicted molar refractivity (Wildman–Crippen MR) is 62.6 cm³/mol. The number of fused-ring (bicyclic) bond motifs is 1. The Hall–Kier alpha value is -0.294. The fourth-order valence-electron chi connectivity index (χ4n) is 1.84. The second-order valence-corrected chi connectivity index (χ2v) is 5.34. The van der Waals surface area contributed by atoms with Crippen LogP contribution in [0.15, 0.2) is 30.5 Å². The molecule has 9 heteroatoms. The molecule has 1 unspecified atom stereocenters. The summed E-state index contributed by atoms with van der Waals surface area (Å²) in [5, 5.41) is 9.31. The number of para-hydroxylation sites is 1. The van der Waals surface area contributed by atoms with Crippen molar-refractivity contribution >= 4 is 21.0 Å². The first-order chi connectivity index (χ1) is 8.39. The van der Waals surface area contributed by atoms with Crippen molar-refractivity contribution in [2.24, 2.45) is 0 Å². The van der Waals surface area contributed by atoms with Gasteiger partial charge in [-0.15, -0.1) is 0 Å². The molecule has 0 saturated carbocycles. The van der Waals surface area contributed by atoms with Crippen LogP contribution in [0.25, 0.3) is 10.9 Å². The van der Waals surface area contributed by atoms with Gasteiger partial charge < -0.3 is 9.54 Å². The van der Waals surface area contributed by atoms with Gasteiger partial charge >= 0.3 is 51.4 Å². The molecule has 2 aromatic rings. The minimum absolute atomic E-state index is 0. The van der Waals surface area contributed by atoms with Gasteiger partial charge in [0.2, 0.25) is 6.54 Å². The van der Waals surface area contributed by atoms with E-state index in [4.69, 9.17) is 0 Å². The second kappa shape index (κ2) is 6.44. The van der Waals surface area contributed by atoms with Crippen LogP contribution in [0.3, 0.4) is 0 Å². The van der Waals surface area contributed by atoms with Crippen LogP contribution in [0.5, 0.6) is 0 Å². The summed E-state index contributed by atoms with van der Waals surface area (Å²) < 4.78 is 33.4. The van der Waals surface area contributed by atoms with Crippen LogP contribution in [-0.2, 0) is 10.1 Å². The Morgan fingerprint density at radius 1 is 1.32 bits per heavy atom. The zero-order valence-corrected chi connectivity index (χ0v) is 14.0. The molecule has 0 aliphatic heterocycles. The molecular weight excluding hydrogens is 299 g/mol. The fourth-order valence-corrected chi connectivity index (χ4v) is 2.65. The van der Waals surface area contributed by atoms with Crippen molar-refractivity contribution in [3.8, 4) is 0 Å². The number of benzene rings is 1. The maximum absolute atomic E-state index is 11.1. The Kier molecular flexibility index (Phi) is 5.68. The number of hydrogen-bond acceptors (Lipinski definition) is 5. The van der Waals surface area contributed by atoms with Crippen molar-refractivity contribution in [2.45, 2.75) is 5.25 Å². The van der Waals surface area contributed by atoms with Crippen LogP contribution < -0.4 is 51.4 Å². The Morgan fingerprint density at radius 3 is 2.53 bits per heavy atom. The van der Waals surface area contributed by atoms with Crippen molar-refractivity contribution in [3.05, 3.63) is 46.1 Å². The molecule has 0 aliphatic carbocycles. The summed E-state index contributed by atoms with van der Waals surface area (Å²) in [6.07, 6.45) is 1.33. The topological polar surface area (TPSA) is 116 Å². The maximum atomic E-state index is 11.1. The summed E-state index contributed by atoms with van der Waals surface area (Å²) in [6, 6.07) is 6.70. The summed E-state index contributed by atoms with van der Waals surface area (Å²) in [5.74, 6) is 0. The average molecular weight is 308 g/mol. The molecule has 0 amide bonds. The minimum Gasteiger partial charge on any atom is -0.747 e. The molecule has 0 aliphatic rings. The monoisotopic (exact) mass is 308 g/mol. The van der Waals surface area contributed by atoms with Gasteiger partial charge in [-0.05, 0) is 6.07 Å². The largest absolute Gasteiger partial charge is 1.00 e. The molecule has 0 saturated heterocycles. The van der Waals surface area contributed by atoms with Gasteiger partial charge in [-0.25, -0.2) is 8.42 Å². The standard InChI is InChI=1S/C10H10N2O5S.K/c13-12(14)6-10(18(15,16)17)8-5-11-9-4-2-1-3-7(8)9;/h1-5,10-11H,6H2,(H,15,16,17);/q;+1/p-1. The molecule has 2 rings (SSSR count). The van der Waals surface area contributed by atoms with Crippen molar-refractivity contribution in [1.29, 1.82) is 0 Å². The molecule has 1 atom stereocenters. The number of aromatic nitrogens is 1. The molecule has 0 fully saturated rings. The van der Waals surface area contributed by atoms with E-state index in [1.807, 2.05) is 0 Å². The molecule has 96 valence electrons. The van der Waals surface area contributed by atoms with E-state index in [0.717, 1.165) is 0 Å².